The molecule has 31 heavy (non-hydrogen) atoms. The van der Waals surface area contributed by atoms with E-state index in [9.17, 15) is 24.0 Å². The van der Waals surface area contributed by atoms with Gasteiger partial charge in [0.15, 0.2) is 12.2 Å². The zero-order chi connectivity index (χ0) is 23.1. The van der Waals surface area contributed by atoms with Crippen LogP contribution in [0.3, 0.4) is 0 Å². The molecule has 1 amide bonds. The fraction of sp³-hybridized carbons (Fsp3) is 0.750. The van der Waals surface area contributed by atoms with E-state index >= 15 is 0 Å². The summed E-state index contributed by atoms with van der Waals surface area (Å²) >= 11 is 0. The van der Waals surface area contributed by atoms with E-state index in [1.807, 2.05) is 0 Å². The number of hydrogen-bond acceptors (Lipinski definition) is 10. The first-order valence-electron chi connectivity index (χ1n) is 10.2. The van der Waals surface area contributed by atoms with Crippen molar-refractivity contribution in [3.63, 3.8) is 0 Å². The van der Waals surface area contributed by atoms with E-state index < -0.39 is 54.5 Å². The Bertz CT molecular complexity index is 702. The van der Waals surface area contributed by atoms with Crippen molar-refractivity contribution < 1.29 is 47.7 Å². The molecule has 0 aromatic carbocycles. The highest BCUT2D eigenvalue weighted by Crippen LogP contribution is 2.30. The number of carbonyl (C=O) groups excluding carboxylic acids is 5. The zero-order valence-corrected chi connectivity index (χ0v) is 18.1. The predicted octanol–water partition coefficient (Wildman–Crippen LogP) is 0.376. The first kappa shape index (κ1) is 24.6. The molecule has 2 fully saturated rings. The second-order valence-corrected chi connectivity index (χ2v) is 7.62. The molecule has 1 N–H and O–H groups in total. The molecule has 0 aromatic rings. The lowest BCUT2D eigenvalue weighted by Gasteiger charge is -2.44. The highest BCUT2D eigenvalue weighted by Gasteiger charge is 2.52. The van der Waals surface area contributed by atoms with Gasteiger partial charge in [0.05, 0.1) is 0 Å². The molecule has 0 bridgehead atoms. The van der Waals surface area contributed by atoms with Gasteiger partial charge in [-0.3, -0.25) is 24.0 Å². The molecule has 2 rings (SSSR count). The largest absolute Gasteiger partial charge is 0.463 e. The number of ether oxygens (including phenoxy) is 5. The van der Waals surface area contributed by atoms with Gasteiger partial charge in [0.25, 0.3) is 0 Å². The molecular weight excluding hydrogens is 414 g/mol. The first-order chi connectivity index (χ1) is 14.6. The Balaban J connectivity index is 2.37. The van der Waals surface area contributed by atoms with Crippen LogP contribution < -0.4 is 5.32 Å². The van der Waals surface area contributed by atoms with E-state index in [0.717, 1.165) is 33.6 Å². The second-order valence-electron chi connectivity index (χ2n) is 7.62. The maximum absolute atomic E-state index is 12.8. The van der Waals surface area contributed by atoms with Crippen LogP contribution in [-0.4, -0.2) is 67.0 Å². The number of nitrogens with one attached hydrogen (secondary N) is 1. The zero-order valence-electron chi connectivity index (χ0n) is 18.1. The molecule has 1 unspecified atom stereocenters. The molecular formula is C20H29NO10. The topological polar surface area (TPSA) is 144 Å². The molecule has 0 aromatic heterocycles. The van der Waals surface area contributed by atoms with Crippen molar-refractivity contribution in [2.24, 2.45) is 5.92 Å². The first-order valence-corrected chi connectivity index (χ1v) is 10.2. The van der Waals surface area contributed by atoms with Crippen LogP contribution in [0.1, 0.15) is 53.4 Å². The normalized spacial score (nSPS) is 28.3. The second kappa shape index (κ2) is 11.1. The molecule has 1 heterocycles. The van der Waals surface area contributed by atoms with Crippen molar-refractivity contribution in [3.8, 4) is 0 Å². The van der Waals surface area contributed by atoms with E-state index in [4.69, 9.17) is 23.7 Å². The summed E-state index contributed by atoms with van der Waals surface area (Å²) in [7, 11) is 0. The van der Waals surface area contributed by atoms with Gasteiger partial charge in [-0.25, -0.2) is 0 Å². The Morgan fingerprint density at radius 1 is 0.806 bits per heavy atom. The SMILES string of the molecule is CC(=O)OC[C@H]1OC(OC(C)=O)[C@@H](NC(=O)C2CCCC2)[C@@H](OC(C)=O)[C@@H]1OC(C)=O. The molecule has 1 aliphatic carbocycles. The fourth-order valence-corrected chi connectivity index (χ4v) is 3.79. The number of amides is 1. The van der Waals surface area contributed by atoms with Crippen LogP contribution in [0.25, 0.3) is 0 Å². The standard InChI is InChI=1S/C20H29NO10/c1-10(22)27-9-15-17(28-11(2)23)18(29-12(3)24)16(20(31-15)30-13(4)25)21-19(26)14-7-5-6-8-14/h14-18,20H,5-9H2,1-4H3,(H,21,26)/t15-,16+,17-,18-,20?/m1/s1. The van der Waals surface area contributed by atoms with Gasteiger partial charge < -0.3 is 29.0 Å². The van der Waals surface area contributed by atoms with Crippen LogP contribution >= 0.6 is 0 Å². The van der Waals surface area contributed by atoms with E-state index in [1.165, 1.54) is 6.92 Å². The Kier molecular flexibility index (Phi) is 8.78. The summed E-state index contributed by atoms with van der Waals surface area (Å²) in [6, 6.07) is -1.14. The lowest BCUT2D eigenvalue weighted by atomic mass is 9.95. The Morgan fingerprint density at radius 3 is 1.87 bits per heavy atom. The van der Waals surface area contributed by atoms with Crippen LogP contribution in [0, 0.1) is 5.92 Å². The quantitative estimate of drug-likeness (QED) is 0.433. The van der Waals surface area contributed by atoms with Crippen LogP contribution in [0.5, 0.6) is 0 Å². The van der Waals surface area contributed by atoms with Gasteiger partial charge in [0, 0.05) is 33.6 Å². The highest BCUT2D eigenvalue weighted by atomic mass is 16.7. The number of rotatable bonds is 7. The van der Waals surface area contributed by atoms with Gasteiger partial charge in [-0.2, -0.15) is 0 Å². The lowest BCUT2D eigenvalue weighted by molar-refractivity contribution is -0.271. The maximum atomic E-state index is 12.8. The van der Waals surface area contributed by atoms with E-state index in [-0.39, 0.29) is 18.4 Å². The van der Waals surface area contributed by atoms with Crippen LogP contribution in [-0.2, 0) is 47.7 Å². The average molecular weight is 443 g/mol. The van der Waals surface area contributed by atoms with E-state index in [2.05, 4.69) is 5.32 Å². The van der Waals surface area contributed by atoms with E-state index in [0.29, 0.717) is 12.8 Å². The highest BCUT2D eigenvalue weighted by molar-refractivity contribution is 5.79. The third-order valence-corrected chi connectivity index (χ3v) is 5.02. The number of esters is 4. The fourth-order valence-electron chi connectivity index (χ4n) is 3.79. The molecule has 174 valence electrons. The van der Waals surface area contributed by atoms with Crippen molar-refractivity contribution in [2.45, 2.75) is 84.0 Å². The molecule has 5 atom stereocenters. The van der Waals surface area contributed by atoms with Crippen molar-refractivity contribution in [1.82, 2.24) is 5.32 Å². The maximum Gasteiger partial charge on any atom is 0.305 e. The van der Waals surface area contributed by atoms with Gasteiger partial charge in [0.1, 0.15) is 18.8 Å². The van der Waals surface area contributed by atoms with Crippen molar-refractivity contribution in [2.75, 3.05) is 6.61 Å². The minimum atomic E-state index is -1.36. The van der Waals surface area contributed by atoms with Gasteiger partial charge in [-0.1, -0.05) is 12.8 Å². The minimum absolute atomic E-state index is 0.234. The summed E-state index contributed by atoms with van der Waals surface area (Å²) in [6.07, 6.45) is -1.69. The van der Waals surface area contributed by atoms with Crippen LogP contribution in [0.4, 0.5) is 0 Å². The Hall–Kier alpha value is -2.69. The van der Waals surface area contributed by atoms with Gasteiger partial charge in [-0.15, -0.1) is 0 Å². The van der Waals surface area contributed by atoms with Gasteiger partial charge >= 0.3 is 23.9 Å². The van der Waals surface area contributed by atoms with Crippen LogP contribution in [0.2, 0.25) is 0 Å². The number of carbonyl (C=O) groups is 5. The monoisotopic (exact) mass is 443 g/mol. The third kappa shape index (κ3) is 7.20. The molecule has 11 nitrogen and oxygen atoms in total. The molecule has 11 heteroatoms. The molecule has 0 radical (unpaired) electrons. The van der Waals surface area contributed by atoms with Crippen molar-refractivity contribution in [1.29, 1.82) is 0 Å². The Morgan fingerprint density at radius 2 is 1.35 bits per heavy atom. The molecule has 1 aliphatic heterocycles. The van der Waals surface area contributed by atoms with E-state index in [1.54, 1.807) is 0 Å². The summed E-state index contributed by atoms with van der Waals surface area (Å²) < 4.78 is 26.6. The predicted molar refractivity (Wildman–Crippen MR) is 102 cm³/mol. The summed E-state index contributed by atoms with van der Waals surface area (Å²) in [6.45, 7) is 4.28. The number of hydrogen-bond donors (Lipinski definition) is 1. The average Bonchev–Trinajstić information content (AvgIpc) is 3.18. The third-order valence-electron chi connectivity index (χ3n) is 5.02. The summed E-state index contributed by atoms with van der Waals surface area (Å²) in [4.78, 5) is 59.3. The smallest absolute Gasteiger partial charge is 0.305 e. The molecule has 1 saturated carbocycles. The Labute approximate surface area is 180 Å². The summed E-state index contributed by atoms with van der Waals surface area (Å²) in [5, 5.41) is 2.74. The minimum Gasteiger partial charge on any atom is -0.463 e. The summed E-state index contributed by atoms with van der Waals surface area (Å²) in [5.41, 5.74) is 0. The van der Waals surface area contributed by atoms with Gasteiger partial charge in [0.2, 0.25) is 12.2 Å². The van der Waals surface area contributed by atoms with Crippen molar-refractivity contribution in [3.05, 3.63) is 0 Å². The summed E-state index contributed by atoms with van der Waals surface area (Å²) in [5.74, 6) is -3.27. The van der Waals surface area contributed by atoms with Gasteiger partial charge in [-0.05, 0) is 12.8 Å². The van der Waals surface area contributed by atoms with Crippen molar-refractivity contribution >= 4 is 29.8 Å². The molecule has 1 saturated heterocycles. The van der Waals surface area contributed by atoms with Crippen LogP contribution in [0.15, 0.2) is 0 Å². The molecule has 0 spiro atoms. The molecule has 2 aliphatic rings. The lowest BCUT2D eigenvalue weighted by Crippen LogP contribution is -2.67.